The van der Waals surface area contributed by atoms with E-state index in [1.54, 1.807) is 30.3 Å². The van der Waals surface area contributed by atoms with Crippen LogP contribution in [0.2, 0.25) is 0 Å². The van der Waals surface area contributed by atoms with Gasteiger partial charge < -0.3 is 13.6 Å². The number of hydrogen-bond donors (Lipinski definition) is 0. The Morgan fingerprint density at radius 1 is 0.625 bits per heavy atom. The molecule has 4 aromatic rings. The minimum atomic E-state index is -4.04. The molecular weight excluding hydrogens is 419 g/mol. The van der Waals surface area contributed by atoms with Gasteiger partial charge >= 0.3 is 7.82 Å². The summed E-state index contributed by atoms with van der Waals surface area (Å²) in [7, 11) is -4.04. The smallest absolute Gasteiger partial charge is 0.386 e. The SMILES string of the molecule is Cc1cccc(OP(=O)(Oc2ccc(C(C)(C)C)cc2)Oc2ccc3ccccc3c2)c1. The van der Waals surface area contributed by atoms with E-state index in [4.69, 9.17) is 13.6 Å². The fourth-order valence-electron chi connectivity index (χ4n) is 3.36. The summed E-state index contributed by atoms with van der Waals surface area (Å²) in [5.41, 5.74) is 2.13. The molecule has 4 aromatic carbocycles. The van der Waals surface area contributed by atoms with Gasteiger partial charge in [-0.15, -0.1) is 0 Å². The van der Waals surface area contributed by atoms with Crippen molar-refractivity contribution in [2.24, 2.45) is 0 Å². The van der Waals surface area contributed by atoms with Crippen LogP contribution < -0.4 is 13.6 Å². The maximum absolute atomic E-state index is 13.8. The van der Waals surface area contributed by atoms with E-state index in [2.05, 4.69) is 20.8 Å². The fraction of sp³-hybridized carbons (Fsp3) is 0.185. The summed E-state index contributed by atoms with van der Waals surface area (Å²) in [4.78, 5) is 0. The Bertz CT molecular complexity index is 1270. The number of fused-ring (bicyclic) bond motifs is 1. The zero-order chi connectivity index (χ0) is 22.8. The zero-order valence-corrected chi connectivity index (χ0v) is 19.6. The molecule has 0 bridgehead atoms. The number of aryl methyl sites for hydroxylation is 1. The van der Waals surface area contributed by atoms with Crippen molar-refractivity contribution in [1.82, 2.24) is 0 Å². The largest absolute Gasteiger partial charge is 0.647 e. The van der Waals surface area contributed by atoms with Crippen molar-refractivity contribution in [3.05, 3.63) is 102 Å². The number of hydrogen-bond acceptors (Lipinski definition) is 4. The maximum Gasteiger partial charge on any atom is 0.647 e. The van der Waals surface area contributed by atoms with E-state index < -0.39 is 7.82 Å². The van der Waals surface area contributed by atoms with E-state index in [-0.39, 0.29) is 5.41 Å². The maximum atomic E-state index is 13.8. The minimum absolute atomic E-state index is 0.00187. The summed E-state index contributed by atoms with van der Waals surface area (Å²) in [6, 6.07) is 28.2. The highest BCUT2D eigenvalue weighted by Crippen LogP contribution is 2.50. The lowest BCUT2D eigenvalue weighted by Crippen LogP contribution is -2.11. The Morgan fingerprint density at radius 3 is 1.88 bits per heavy atom. The number of benzene rings is 4. The Labute approximate surface area is 189 Å². The molecule has 0 aliphatic rings. The van der Waals surface area contributed by atoms with Crippen LogP contribution in [0, 0.1) is 6.92 Å². The van der Waals surface area contributed by atoms with Crippen LogP contribution in [0.3, 0.4) is 0 Å². The number of rotatable bonds is 6. The molecule has 0 saturated heterocycles. The van der Waals surface area contributed by atoms with Crippen LogP contribution in [0.15, 0.2) is 91.0 Å². The van der Waals surface area contributed by atoms with Crippen molar-refractivity contribution in [3.8, 4) is 17.2 Å². The first-order chi connectivity index (χ1) is 15.2. The van der Waals surface area contributed by atoms with Gasteiger partial charge in [-0.3, -0.25) is 0 Å². The first-order valence-electron chi connectivity index (χ1n) is 10.6. The number of phosphoric acid groups is 1. The van der Waals surface area contributed by atoms with E-state index in [1.807, 2.05) is 67.6 Å². The minimum Gasteiger partial charge on any atom is -0.386 e. The van der Waals surface area contributed by atoms with Gasteiger partial charge in [-0.05, 0) is 70.6 Å². The van der Waals surface area contributed by atoms with Gasteiger partial charge in [0.1, 0.15) is 17.2 Å². The highest BCUT2D eigenvalue weighted by Gasteiger charge is 2.33. The van der Waals surface area contributed by atoms with Gasteiger partial charge in [-0.1, -0.05) is 75.4 Å². The monoisotopic (exact) mass is 446 g/mol. The Kier molecular flexibility index (Phi) is 5.99. The summed E-state index contributed by atoms with van der Waals surface area (Å²) >= 11 is 0. The van der Waals surface area contributed by atoms with Gasteiger partial charge in [0.25, 0.3) is 0 Å². The predicted molar refractivity (Wildman–Crippen MR) is 130 cm³/mol. The molecule has 0 amide bonds. The van der Waals surface area contributed by atoms with Crippen LogP contribution in [0.4, 0.5) is 0 Å². The van der Waals surface area contributed by atoms with Crippen molar-refractivity contribution >= 4 is 18.6 Å². The van der Waals surface area contributed by atoms with Crippen molar-refractivity contribution in [1.29, 1.82) is 0 Å². The first kappa shape index (κ1) is 22.0. The second-order valence-electron chi connectivity index (χ2n) is 8.82. The Morgan fingerprint density at radius 2 is 1.22 bits per heavy atom. The van der Waals surface area contributed by atoms with Crippen LogP contribution in [-0.2, 0) is 9.98 Å². The molecule has 0 aliphatic carbocycles. The predicted octanol–water partition coefficient (Wildman–Crippen LogP) is 8.09. The molecule has 0 N–H and O–H groups in total. The second kappa shape index (κ2) is 8.72. The molecule has 32 heavy (non-hydrogen) atoms. The molecule has 0 fully saturated rings. The Hall–Kier alpha value is -3.23. The molecule has 0 aliphatic heterocycles. The van der Waals surface area contributed by atoms with Gasteiger partial charge in [0.15, 0.2) is 0 Å². The second-order valence-corrected chi connectivity index (χ2v) is 10.3. The highest BCUT2D eigenvalue weighted by molar-refractivity contribution is 7.49. The topological polar surface area (TPSA) is 44.8 Å². The quantitative estimate of drug-likeness (QED) is 0.281. The summed E-state index contributed by atoms with van der Waals surface area (Å²) in [6.45, 7) is 8.35. The molecule has 0 saturated carbocycles. The van der Waals surface area contributed by atoms with Crippen molar-refractivity contribution < 1.29 is 18.1 Å². The van der Waals surface area contributed by atoms with Gasteiger partial charge in [-0.2, -0.15) is 4.57 Å². The molecule has 0 heterocycles. The van der Waals surface area contributed by atoms with Crippen molar-refractivity contribution in [3.63, 3.8) is 0 Å². The lowest BCUT2D eigenvalue weighted by atomic mass is 9.87. The summed E-state index contributed by atoms with van der Waals surface area (Å²) in [5.74, 6) is 1.24. The zero-order valence-electron chi connectivity index (χ0n) is 18.7. The molecule has 1 unspecified atom stereocenters. The Balaban J connectivity index is 1.66. The van der Waals surface area contributed by atoms with Crippen LogP contribution >= 0.6 is 7.82 Å². The third-order valence-corrected chi connectivity index (χ3v) is 6.39. The van der Waals surface area contributed by atoms with Gasteiger partial charge in [0.2, 0.25) is 0 Å². The highest BCUT2D eigenvalue weighted by atomic mass is 31.2. The lowest BCUT2D eigenvalue weighted by Gasteiger charge is -2.21. The molecule has 5 heteroatoms. The molecule has 4 rings (SSSR count). The van der Waals surface area contributed by atoms with E-state index in [0.717, 1.165) is 21.9 Å². The molecule has 0 radical (unpaired) electrons. The van der Waals surface area contributed by atoms with Crippen molar-refractivity contribution in [2.45, 2.75) is 33.1 Å². The lowest BCUT2D eigenvalue weighted by molar-refractivity contribution is 0.298. The standard InChI is InChI=1S/C27H27O4P/c1-20-8-7-11-25(18-20)30-32(28,29-24-16-13-23(14-17-24)27(2,3)4)31-26-15-12-21-9-5-6-10-22(21)19-26/h5-19H,1-4H3. The van der Waals surface area contributed by atoms with Crippen LogP contribution in [0.5, 0.6) is 17.2 Å². The van der Waals surface area contributed by atoms with E-state index in [1.165, 1.54) is 0 Å². The van der Waals surface area contributed by atoms with Crippen LogP contribution in [0.1, 0.15) is 31.9 Å². The van der Waals surface area contributed by atoms with E-state index >= 15 is 0 Å². The summed E-state index contributed by atoms with van der Waals surface area (Å²) in [6.07, 6.45) is 0. The van der Waals surface area contributed by atoms with E-state index in [0.29, 0.717) is 17.2 Å². The normalized spacial score (nSPS) is 13.4. The van der Waals surface area contributed by atoms with Gasteiger partial charge in [0, 0.05) is 0 Å². The summed E-state index contributed by atoms with van der Waals surface area (Å²) < 4.78 is 31.3. The van der Waals surface area contributed by atoms with E-state index in [9.17, 15) is 4.57 Å². The molecule has 0 spiro atoms. The van der Waals surface area contributed by atoms with Gasteiger partial charge in [-0.25, -0.2) is 0 Å². The number of phosphoric ester groups is 1. The third-order valence-electron chi connectivity index (χ3n) is 5.08. The van der Waals surface area contributed by atoms with Crippen molar-refractivity contribution in [2.75, 3.05) is 0 Å². The average molecular weight is 446 g/mol. The van der Waals surface area contributed by atoms with Crippen LogP contribution in [0.25, 0.3) is 10.8 Å². The molecule has 0 aromatic heterocycles. The third kappa shape index (κ3) is 5.33. The fourth-order valence-corrected chi connectivity index (χ4v) is 4.59. The molecular formula is C27H27O4P. The molecule has 1 atom stereocenters. The average Bonchev–Trinajstić information content (AvgIpc) is 2.73. The van der Waals surface area contributed by atoms with Crippen LogP contribution in [-0.4, -0.2) is 0 Å². The van der Waals surface area contributed by atoms with Gasteiger partial charge in [0.05, 0.1) is 0 Å². The molecule has 4 nitrogen and oxygen atoms in total. The summed E-state index contributed by atoms with van der Waals surface area (Å²) in [5, 5.41) is 2.04. The first-order valence-corrected chi connectivity index (χ1v) is 12.0. The molecule has 164 valence electrons.